The first-order chi connectivity index (χ1) is 22.7. The highest BCUT2D eigenvalue weighted by atomic mass is 19.1. The molecule has 0 spiro atoms. The van der Waals surface area contributed by atoms with E-state index < -0.39 is 35.1 Å². The molecule has 2 fully saturated rings. The van der Waals surface area contributed by atoms with E-state index in [0.717, 1.165) is 22.4 Å². The van der Waals surface area contributed by atoms with Crippen molar-refractivity contribution in [2.75, 3.05) is 31.1 Å². The lowest BCUT2D eigenvalue weighted by Gasteiger charge is -2.28. The third-order valence-corrected chi connectivity index (χ3v) is 7.80. The average molecular weight is 685 g/mol. The summed E-state index contributed by atoms with van der Waals surface area (Å²) in [7, 11) is 0. The molecular formula is C37H53FN4O7. The van der Waals surface area contributed by atoms with Gasteiger partial charge in [-0.3, -0.25) is 0 Å². The summed E-state index contributed by atoms with van der Waals surface area (Å²) in [5, 5.41) is 3.50. The van der Waals surface area contributed by atoms with Gasteiger partial charge in [-0.2, -0.15) is 4.90 Å². The number of hydrogen-bond acceptors (Lipinski definition) is 9. The highest BCUT2D eigenvalue weighted by Gasteiger charge is 2.40. The van der Waals surface area contributed by atoms with Crippen LogP contribution in [-0.4, -0.2) is 83.4 Å². The molecule has 0 bridgehead atoms. The highest BCUT2D eigenvalue weighted by molar-refractivity contribution is 6.08. The Morgan fingerprint density at radius 1 is 0.918 bits per heavy atom. The molecule has 12 heteroatoms. The second-order valence-electron chi connectivity index (χ2n) is 16.0. The number of likely N-dealkylation sites (tertiary alicyclic amines) is 1. The van der Waals surface area contributed by atoms with Crippen LogP contribution in [0.4, 0.5) is 24.6 Å². The van der Waals surface area contributed by atoms with E-state index in [1.165, 1.54) is 6.07 Å². The maximum absolute atomic E-state index is 13.7. The monoisotopic (exact) mass is 684 g/mol. The summed E-state index contributed by atoms with van der Waals surface area (Å²) in [6.45, 7) is 19.4. The number of imide groups is 1. The van der Waals surface area contributed by atoms with Gasteiger partial charge < -0.3 is 29.2 Å². The van der Waals surface area contributed by atoms with Crippen molar-refractivity contribution < 1.29 is 37.7 Å². The van der Waals surface area contributed by atoms with Gasteiger partial charge in [-0.15, -0.1) is 0 Å². The van der Waals surface area contributed by atoms with Crippen LogP contribution in [0, 0.1) is 18.7 Å². The summed E-state index contributed by atoms with van der Waals surface area (Å²) in [4.78, 5) is 46.9. The van der Waals surface area contributed by atoms with Crippen LogP contribution in [0.2, 0.25) is 0 Å². The Bertz CT molecular complexity index is 1470. The molecular weight excluding hydrogens is 631 g/mol. The number of rotatable bonds is 9. The Morgan fingerprint density at radius 3 is 2.14 bits per heavy atom. The number of amides is 3. The van der Waals surface area contributed by atoms with E-state index >= 15 is 0 Å². The molecule has 1 saturated carbocycles. The predicted molar refractivity (Wildman–Crippen MR) is 184 cm³/mol. The summed E-state index contributed by atoms with van der Waals surface area (Å²) in [5.41, 5.74) is 0.00176. The molecule has 0 radical (unpaired) electrons. The van der Waals surface area contributed by atoms with E-state index in [1.54, 1.807) is 64.6 Å². The molecule has 2 aliphatic rings. The smallest absolute Gasteiger partial charge is 0.425 e. The van der Waals surface area contributed by atoms with E-state index in [9.17, 15) is 18.8 Å². The minimum atomic E-state index is -0.897. The number of ether oxygens (including phenoxy) is 4. The van der Waals surface area contributed by atoms with E-state index in [0.29, 0.717) is 38.4 Å². The molecule has 3 amide bonds. The van der Waals surface area contributed by atoms with Crippen molar-refractivity contribution in [1.29, 1.82) is 0 Å². The van der Waals surface area contributed by atoms with Crippen LogP contribution in [0.1, 0.15) is 91.5 Å². The molecule has 49 heavy (non-hydrogen) atoms. The molecule has 11 nitrogen and oxygen atoms in total. The van der Waals surface area contributed by atoms with Crippen LogP contribution in [0.5, 0.6) is 0 Å². The molecule has 1 aromatic heterocycles. The number of benzene rings is 1. The highest BCUT2D eigenvalue weighted by Crippen LogP contribution is 2.40. The third-order valence-electron chi connectivity index (χ3n) is 7.80. The largest absolute Gasteiger partial charge is 0.444 e. The first-order valence-electron chi connectivity index (χ1n) is 17.0. The summed E-state index contributed by atoms with van der Waals surface area (Å²) >= 11 is 0. The van der Waals surface area contributed by atoms with E-state index in [-0.39, 0.29) is 35.6 Å². The molecule has 4 atom stereocenters. The van der Waals surface area contributed by atoms with Crippen LogP contribution in [0.15, 0.2) is 36.4 Å². The normalized spacial score (nSPS) is 20.9. The SMILES string of the molecule is Cc1cc(C[C@@H]2CN(C(=O)OC(C)(C)C)C[C@@H]2OCCN[C@@H]2C[C@H]2c2cccc(F)c2)nc(N(C(=O)OC(C)(C)C)C(=O)OC(C)(C)C)c1. The number of carbonyl (C=O) groups excluding carboxylic acids is 3. The Kier molecular flexibility index (Phi) is 11.6. The van der Waals surface area contributed by atoms with Crippen molar-refractivity contribution in [3.63, 3.8) is 0 Å². The molecule has 4 rings (SSSR count). The lowest BCUT2D eigenvalue weighted by Crippen LogP contribution is -2.44. The number of halogens is 1. The van der Waals surface area contributed by atoms with Gasteiger partial charge in [-0.25, -0.2) is 23.8 Å². The van der Waals surface area contributed by atoms with Gasteiger partial charge in [-0.1, -0.05) is 12.1 Å². The first kappa shape index (κ1) is 38.0. The number of pyridine rings is 1. The van der Waals surface area contributed by atoms with Crippen LogP contribution in [0.25, 0.3) is 0 Å². The van der Waals surface area contributed by atoms with Crippen LogP contribution >= 0.6 is 0 Å². The van der Waals surface area contributed by atoms with Crippen LogP contribution in [-0.2, 0) is 25.4 Å². The second-order valence-corrected chi connectivity index (χ2v) is 16.0. The molecule has 1 N–H and O–H groups in total. The zero-order valence-electron chi connectivity index (χ0n) is 30.6. The number of anilines is 1. The fourth-order valence-corrected chi connectivity index (χ4v) is 5.77. The maximum Gasteiger partial charge on any atom is 0.425 e. The van der Waals surface area contributed by atoms with Crippen molar-refractivity contribution in [2.45, 2.75) is 117 Å². The number of nitrogens with zero attached hydrogens (tertiary/aromatic N) is 3. The quantitative estimate of drug-likeness (QED) is 0.217. The summed E-state index contributed by atoms with van der Waals surface area (Å²) in [6, 6.07) is 10.5. The van der Waals surface area contributed by atoms with Gasteiger partial charge in [0.05, 0.1) is 19.3 Å². The van der Waals surface area contributed by atoms with Gasteiger partial charge in [0.15, 0.2) is 0 Å². The van der Waals surface area contributed by atoms with E-state index in [4.69, 9.17) is 23.9 Å². The number of hydrogen-bond donors (Lipinski definition) is 1. The fourth-order valence-electron chi connectivity index (χ4n) is 5.77. The Labute approximate surface area is 289 Å². The number of aryl methyl sites for hydroxylation is 1. The zero-order valence-corrected chi connectivity index (χ0v) is 30.6. The van der Waals surface area contributed by atoms with Gasteiger partial charge in [0.1, 0.15) is 28.4 Å². The Hall–Kier alpha value is -3.77. The summed E-state index contributed by atoms with van der Waals surface area (Å²) in [5.74, 6) is -0.0161. The molecule has 1 aliphatic carbocycles. The number of carbonyl (C=O) groups is 3. The standard InChI is InChI=1S/C37H53FN4O7/c1-23-16-27(40-31(17-23)42(33(44)48-36(5,6)7)34(45)49-37(8,9)10)19-25-21-41(32(43)47-35(2,3)4)22-30(25)46-15-14-39-29-20-28(29)24-12-11-13-26(38)18-24/h11-13,16-18,25,28-30,39H,14-15,19-22H2,1-10H3/t25-,28+,29-,30+/m1/s1. The molecule has 1 aromatic carbocycles. The first-order valence-corrected chi connectivity index (χ1v) is 17.0. The van der Waals surface area contributed by atoms with Gasteiger partial charge in [0.25, 0.3) is 0 Å². The molecule has 270 valence electrons. The lowest BCUT2D eigenvalue weighted by atomic mass is 9.98. The summed E-state index contributed by atoms with van der Waals surface area (Å²) < 4.78 is 36.8. The van der Waals surface area contributed by atoms with Gasteiger partial charge in [0.2, 0.25) is 0 Å². The second kappa shape index (κ2) is 15.0. The van der Waals surface area contributed by atoms with Crippen LogP contribution in [0.3, 0.4) is 0 Å². The van der Waals surface area contributed by atoms with Crippen molar-refractivity contribution in [3.8, 4) is 0 Å². The van der Waals surface area contributed by atoms with E-state index in [2.05, 4.69) is 5.32 Å². The van der Waals surface area contributed by atoms with Crippen molar-refractivity contribution in [1.82, 2.24) is 15.2 Å². The van der Waals surface area contributed by atoms with E-state index in [1.807, 2.05) is 39.8 Å². The van der Waals surface area contributed by atoms with Gasteiger partial charge >= 0.3 is 18.3 Å². The topological polar surface area (TPSA) is 120 Å². The molecule has 1 saturated heterocycles. The summed E-state index contributed by atoms with van der Waals surface area (Å²) in [6.07, 6.45) is -1.18. The third kappa shape index (κ3) is 11.7. The molecule has 2 heterocycles. The van der Waals surface area contributed by atoms with Gasteiger partial charge in [0, 0.05) is 36.7 Å². The zero-order chi connectivity index (χ0) is 36.3. The molecule has 2 aromatic rings. The minimum Gasteiger partial charge on any atom is -0.444 e. The van der Waals surface area contributed by atoms with Crippen LogP contribution < -0.4 is 10.2 Å². The lowest BCUT2D eigenvalue weighted by molar-refractivity contribution is 0.0185. The predicted octanol–water partition coefficient (Wildman–Crippen LogP) is 7.15. The number of nitrogens with one attached hydrogen (secondary N) is 1. The van der Waals surface area contributed by atoms with Crippen molar-refractivity contribution in [2.24, 2.45) is 5.92 Å². The number of aromatic nitrogens is 1. The fraction of sp³-hybridized carbons (Fsp3) is 0.622. The minimum absolute atomic E-state index is 0.0828. The Morgan fingerprint density at radius 2 is 1.55 bits per heavy atom. The van der Waals surface area contributed by atoms with Crippen molar-refractivity contribution in [3.05, 3.63) is 59.0 Å². The van der Waals surface area contributed by atoms with Gasteiger partial charge in [-0.05, 0) is 117 Å². The average Bonchev–Trinajstić information content (AvgIpc) is 3.59. The maximum atomic E-state index is 13.7. The molecule has 0 unspecified atom stereocenters. The molecule has 1 aliphatic heterocycles. The van der Waals surface area contributed by atoms with Crippen molar-refractivity contribution >= 4 is 24.1 Å². The Balaban J connectivity index is 1.49.